The van der Waals surface area contributed by atoms with E-state index in [1.165, 1.54) is 37.3 Å². The highest BCUT2D eigenvalue weighted by atomic mass is 16.7. The molecule has 246 valence electrons. The van der Waals surface area contributed by atoms with E-state index in [0.29, 0.717) is 0 Å². The number of carbonyl (C=O) groups is 1. The number of aliphatic hydroxyl groups excluding tert-OH is 5. The summed E-state index contributed by atoms with van der Waals surface area (Å²) in [6.45, 7) is 2.00. The van der Waals surface area contributed by atoms with Crippen LogP contribution >= 0.6 is 0 Å². The van der Waals surface area contributed by atoms with Crippen molar-refractivity contribution in [2.45, 2.75) is 81.4 Å². The molecule has 0 bridgehead atoms. The molecule has 0 saturated carbocycles. The van der Waals surface area contributed by atoms with Gasteiger partial charge in [-0.15, -0.1) is 0 Å². The molecular weight excluding hydrogens is 604 g/mol. The van der Waals surface area contributed by atoms with Crippen molar-refractivity contribution in [3.8, 4) is 28.7 Å². The first-order valence-electron chi connectivity index (χ1n) is 13.9. The Balaban J connectivity index is 1.39. The number of hydrogen-bond acceptors (Lipinski definition) is 15. The normalized spacial score (nSPS) is 34.6. The number of esters is 1. The van der Waals surface area contributed by atoms with Crippen LogP contribution < -0.4 is 0 Å². The first kappa shape index (κ1) is 32.5. The van der Waals surface area contributed by atoms with Crippen LogP contribution in [-0.2, 0) is 28.5 Å². The zero-order valence-electron chi connectivity index (χ0n) is 23.9. The minimum absolute atomic E-state index is 0.0580. The molecular formula is C29H35O16+. The summed E-state index contributed by atoms with van der Waals surface area (Å²) in [5, 5.41) is 93.0. The highest BCUT2D eigenvalue weighted by Gasteiger charge is 2.49. The lowest BCUT2D eigenvalue weighted by molar-refractivity contribution is -0.326. The van der Waals surface area contributed by atoms with E-state index in [9.17, 15) is 50.8 Å². The Morgan fingerprint density at radius 2 is 1.58 bits per heavy atom. The van der Waals surface area contributed by atoms with Crippen LogP contribution in [0.4, 0.5) is 0 Å². The smallest absolute Gasteiger partial charge is 0.303 e. The quantitative estimate of drug-likeness (QED) is 0.101. The molecule has 1 unspecified atom stereocenters. The van der Waals surface area contributed by atoms with Gasteiger partial charge in [0.1, 0.15) is 53.7 Å². The number of rotatable bonds is 7. The fourth-order valence-corrected chi connectivity index (χ4v) is 5.26. The fourth-order valence-electron chi connectivity index (χ4n) is 5.26. The first-order chi connectivity index (χ1) is 21.2. The number of phenols is 4. The average Bonchev–Trinajstić information content (AvgIpc) is 2.98. The van der Waals surface area contributed by atoms with Crippen molar-refractivity contribution in [2.24, 2.45) is 0 Å². The van der Waals surface area contributed by atoms with Gasteiger partial charge in [-0.1, -0.05) is 0 Å². The van der Waals surface area contributed by atoms with E-state index in [1.807, 2.05) is 0 Å². The number of fused-ring (bicyclic) bond motifs is 1. The Labute approximate surface area is 255 Å². The van der Waals surface area contributed by atoms with E-state index in [0.717, 1.165) is 13.0 Å². The van der Waals surface area contributed by atoms with Gasteiger partial charge in [-0.25, -0.2) is 0 Å². The monoisotopic (exact) mass is 639 g/mol. The maximum atomic E-state index is 11.6. The molecule has 3 aliphatic heterocycles. The molecule has 2 fully saturated rings. The molecule has 0 aliphatic carbocycles. The molecule has 2 aromatic rings. The Kier molecular flexibility index (Phi) is 9.29. The van der Waals surface area contributed by atoms with Crippen molar-refractivity contribution < 1.29 is 79.2 Å². The molecule has 2 saturated heterocycles. The van der Waals surface area contributed by atoms with Gasteiger partial charge in [0.25, 0.3) is 11.9 Å². The second-order valence-electron chi connectivity index (χ2n) is 11.0. The predicted molar refractivity (Wildman–Crippen MR) is 148 cm³/mol. The third kappa shape index (κ3) is 6.58. The van der Waals surface area contributed by atoms with Gasteiger partial charge in [0.05, 0.1) is 24.3 Å². The lowest BCUT2D eigenvalue weighted by atomic mass is 9.98. The molecule has 0 aromatic heterocycles. The summed E-state index contributed by atoms with van der Waals surface area (Å²) in [5.41, 5.74) is 0.422. The molecule has 11 atom stereocenters. The molecule has 3 heterocycles. The van der Waals surface area contributed by atoms with Crippen LogP contribution in [0.15, 0.2) is 36.1 Å². The minimum Gasteiger partial charge on any atom is -0.571 e. The van der Waals surface area contributed by atoms with Crippen LogP contribution in [0.25, 0.3) is 6.08 Å². The fraction of sp³-hybridized carbons (Fsp3) is 0.483. The number of benzene rings is 2. The standard InChI is InChI=1S/C29H34O16/c1-10-21(35)24(38)27(42-11(2)30)29(41-10)40-9-20-22(36)23(37)25(39)28(45-20)44-19-8-14-16(33)6-13(31)7-18(14)43-26(19)12-3-4-15(32)17(34)5-12/h3-8,10,20-29,31-39H,9H2,1-2H3/p+1/t10-,20+,21-,22+,23-,24+,25+,26?,27-,28+,29+/m0/s1. The molecule has 0 amide bonds. The molecule has 5 rings (SSSR count). The van der Waals surface area contributed by atoms with Crippen molar-refractivity contribution in [1.29, 1.82) is 0 Å². The Bertz CT molecular complexity index is 1430. The maximum absolute atomic E-state index is 11.6. The Morgan fingerprint density at radius 3 is 2.27 bits per heavy atom. The molecule has 10 N–H and O–H groups in total. The number of ether oxygens (including phenoxy) is 6. The molecule has 0 spiro atoms. The van der Waals surface area contributed by atoms with Crippen LogP contribution in [0.5, 0.6) is 28.7 Å². The molecule has 16 heteroatoms. The first-order valence-corrected chi connectivity index (χ1v) is 13.9. The van der Waals surface area contributed by atoms with Gasteiger partial charge in [-0.05, 0) is 25.1 Å². The van der Waals surface area contributed by atoms with Gasteiger partial charge in [-0.2, -0.15) is 0 Å². The van der Waals surface area contributed by atoms with Crippen LogP contribution in [0.2, 0.25) is 0 Å². The van der Waals surface area contributed by atoms with Gasteiger partial charge in [0.2, 0.25) is 6.29 Å². The molecule has 0 radical (unpaired) electrons. The second-order valence-corrected chi connectivity index (χ2v) is 11.0. The van der Waals surface area contributed by atoms with Crippen molar-refractivity contribution in [1.82, 2.24) is 0 Å². The highest BCUT2D eigenvalue weighted by Crippen LogP contribution is 2.46. The summed E-state index contributed by atoms with van der Waals surface area (Å²) >= 11 is 0. The van der Waals surface area contributed by atoms with Crippen LogP contribution in [-0.4, -0.2) is 125 Å². The zero-order valence-corrected chi connectivity index (χ0v) is 23.9. The second kappa shape index (κ2) is 12.9. The number of carbonyl (C=O) groups excluding carboxylic acids is 1. The lowest BCUT2D eigenvalue weighted by Gasteiger charge is -2.43. The summed E-state index contributed by atoms with van der Waals surface area (Å²) in [6, 6.07) is 6.19. The Morgan fingerprint density at radius 1 is 0.844 bits per heavy atom. The summed E-state index contributed by atoms with van der Waals surface area (Å²) in [5.74, 6) is -2.20. The third-order valence-corrected chi connectivity index (χ3v) is 7.69. The predicted octanol–water partition coefficient (Wildman–Crippen LogP) is -0.915. The van der Waals surface area contributed by atoms with Gasteiger partial charge in [0.15, 0.2) is 29.7 Å². The SMILES string of the molecule is CC(=O)O[C@@H]1[C@H](OC[C@H]2O[C@@H](OC3=Cc4c(O)cc(O)cc4[OH+]C3c3ccc(O)c(O)c3)[C@H](O)[C@@H](O)[C@@H]2O)O[C@@H](C)[C@H](O)[C@H]1O. The van der Waals surface area contributed by atoms with E-state index in [1.54, 1.807) is 0 Å². The third-order valence-electron chi connectivity index (χ3n) is 7.69. The largest absolute Gasteiger partial charge is 0.571 e. The van der Waals surface area contributed by atoms with Crippen molar-refractivity contribution in [2.75, 3.05) is 6.61 Å². The van der Waals surface area contributed by atoms with E-state index in [2.05, 4.69) is 4.74 Å². The van der Waals surface area contributed by atoms with E-state index in [-0.39, 0.29) is 34.1 Å². The van der Waals surface area contributed by atoms with Gasteiger partial charge in [0, 0.05) is 19.1 Å². The number of phenolic OH excluding ortho intramolecular Hbond substituents is 4. The van der Waals surface area contributed by atoms with Gasteiger partial charge >= 0.3 is 5.97 Å². The van der Waals surface area contributed by atoms with Gasteiger partial charge < -0.3 is 74.4 Å². The van der Waals surface area contributed by atoms with E-state index >= 15 is 0 Å². The zero-order chi connectivity index (χ0) is 32.7. The molecule has 45 heavy (non-hydrogen) atoms. The summed E-state index contributed by atoms with van der Waals surface area (Å²) in [4.78, 5) is 11.6. The highest BCUT2D eigenvalue weighted by molar-refractivity contribution is 5.69. The molecule has 16 nitrogen and oxygen atoms in total. The molecule has 2 aromatic carbocycles. The van der Waals surface area contributed by atoms with Crippen LogP contribution in [0.1, 0.15) is 31.1 Å². The average molecular weight is 640 g/mol. The van der Waals surface area contributed by atoms with E-state index in [4.69, 9.17) is 23.7 Å². The number of hydrogen-bond donors (Lipinski definition) is 9. The van der Waals surface area contributed by atoms with Crippen molar-refractivity contribution >= 4 is 12.0 Å². The van der Waals surface area contributed by atoms with Crippen molar-refractivity contribution in [3.63, 3.8) is 0 Å². The van der Waals surface area contributed by atoms with Gasteiger partial charge in [-0.3, -0.25) is 4.79 Å². The number of aliphatic hydroxyl groups is 6. The topological polar surface area (TPSA) is 258 Å². The van der Waals surface area contributed by atoms with Crippen molar-refractivity contribution in [3.05, 3.63) is 47.2 Å². The minimum atomic E-state index is -1.82. The molecule has 3 aliphatic rings. The summed E-state index contributed by atoms with van der Waals surface area (Å²) < 4.78 is 32.5. The van der Waals surface area contributed by atoms with E-state index < -0.39 is 91.6 Å². The Hall–Kier alpha value is -3.87. The summed E-state index contributed by atoms with van der Waals surface area (Å²) in [6.07, 6.45) is -14.9. The van der Waals surface area contributed by atoms with Crippen LogP contribution in [0.3, 0.4) is 0 Å². The lowest BCUT2D eigenvalue weighted by Crippen LogP contribution is -2.61. The number of aromatic hydroxyl groups is 5. The maximum Gasteiger partial charge on any atom is 0.303 e. The summed E-state index contributed by atoms with van der Waals surface area (Å²) in [7, 11) is 0. The van der Waals surface area contributed by atoms with Crippen LogP contribution in [0, 0.1) is 0 Å².